The van der Waals surface area contributed by atoms with E-state index in [0.717, 1.165) is 25.8 Å². The molecule has 0 bridgehead atoms. The zero-order valence-electron chi connectivity index (χ0n) is 17.1. The summed E-state index contributed by atoms with van der Waals surface area (Å²) in [6.45, 7) is 1.48. The van der Waals surface area contributed by atoms with Crippen molar-refractivity contribution in [3.05, 3.63) is 35.4 Å². The van der Waals surface area contributed by atoms with Gasteiger partial charge in [-0.25, -0.2) is 0 Å². The van der Waals surface area contributed by atoms with Gasteiger partial charge in [0.25, 0.3) is 0 Å². The quantitative estimate of drug-likeness (QED) is 0.811. The van der Waals surface area contributed by atoms with Crippen molar-refractivity contribution in [3.63, 3.8) is 0 Å². The van der Waals surface area contributed by atoms with E-state index < -0.39 is 0 Å². The molecule has 2 aliphatic carbocycles. The van der Waals surface area contributed by atoms with Crippen molar-refractivity contribution in [1.29, 1.82) is 0 Å². The molecule has 154 valence electrons. The van der Waals surface area contributed by atoms with Crippen molar-refractivity contribution in [2.75, 3.05) is 19.7 Å². The summed E-state index contributed by atoms with van der Waals surface area (Å²) in [7, 11) is 0. The van der Waals surface area contributed by atoms with Crippen molar-refractivity contribution >= 4 is 5.91 Å². The molecule has 1 heterocycles. The van der Waals surface area contributed by atoms with Crippen LogP contribution in [0.25, 0.3) is 0 Å². The first-order valence-corrected chi connectivity index (χ1v) is 11.5. The summed E-state index contributed by atoms with van der Waals surface area (Å²) in [6.07, 6.45) is 11.9. The third kappa shape index (κ3) is 4.28. The van der Waals surface area contributed by atoms with Crippen LogP contribution in [-0.4, -0.2) is 41.7 Å². The maximum atomic E-state index is 13.3. The van der Waals surface area contributed by atoms with Crippen LogP contribution in [0.15, 0.2) is 24.3 Å². The molecular formula is C24H36N2O2. The number of rotatable bonds is 5. The minimum Gasteiger partial charge on any atom is -0.396 e. The first-order valence-electron chi connectivity index (χ1n) is 11.5. The summed E-state index contributed by atoms with van der Waals surface area (Å²) in [5, 5.41) is 13.2. The Kier molecular flexibility index (Phi) is 6.69. The Bertz CT molecular complexity index is 656. The molecule has 0 saturated heterocycles. The van der Waals surface area contributed by atoms with Gasteiger partial charge in [0.15, 0.2) is 0 Å². The standard InChI is InChI=1S/C24H36N2O2/c27-17-20-11-5-7-13-22(20)25-16-23(28)26-15-14-18-8-4-6-12-21(18)24(26)19-9-2-1-3-10-19/h4,6,8,12,19-20,22,24-25,27H,1-3,5,7,9-11,13-17H2/t20-,22+,24?/m1/s1. The minimum absolute atomic E-state index is 0.230. The number of hydrogen-bond acceptors (Lipinski definition) is 3. The Morgan fingerprint density at radius 1 is 1.04 bits per heavy atom. The van der Waals surface area contributed by atoms with Gasteiger partial charge in [-0.05, 0) is 55.1 Å². The van der Waals surface area contributed by atoms with E-state index in [2.05, 4.69) is 34.5 Å². The molecule has 4 rings (SSSR count). The van der Waals surface area contributed by atoms with Crippen LogP contribution in [0.2, 0.25) is 0 Å². The second kappa shape index (κ2) is 9.41. The first kappa shape index (κ1) is 19.9. The monoisotopic (exact) mass is 384 g/mol. The van der Waals surface area contributed by atoms with E-state index in [1.807, 2.05) is 0 Å². The Hall–Kier alpha value is -1.39. The summed E-state index contributed by atoms with van der Waals surface area (Å²) in [5.41, 5.74) is 2.82. The van der Waals surface area contributed by atoms with Crippen LogP contribution in [0.3, 0.4) is 0 Å². The maximum absolute atomic E-state index is 13.3. The summed E-state index contributed by atoms with van der Waals surface area (Å²) < 4.78 is 0. The number of amides is 1. The van der Waals surface area contributed by atoms with Gasteiger partial charge in [0.05, 0.1) is 12.6 Å². The molecule has 0 aromatic heterocycles. The molecule has 2 N–H and O–H groups in total. The number of carbonyl (C=O) groups excluding carboxylic acids is 1. The third-order valence-electron chi connectivity index (χ3n) is 7.41. The molecule has 1 amide bonds. The van der Waals surface area contributed by atoms with Gasteiger partial charge >= 0.3 is 0 Å². The maximum Gasteiger partial charge on any atom is 0.237 e. The fourth-order valence-electron chi connectivity index (χ4n) is 5.85. The predicted octanol–water partition coefficient (Wildman–Crippen LogP) is 3.83. The molecule has 4 heteroatoms. The van der Waals surface area contributed by atoms with Gasteiger partial charge in [-0.15, -0.1) is 0 Å². The molecule has 4 nitrogen and oxygen atoms in total. The van der Waals surface area contributed by atoms with E-state index in [1.54, 1.807) is 0 Å². The van der Waals surface area contributed by atoms with Gasteiger partial charge < -0.3 is 15.3 Å². The lowest BCUT2D eigenvalue weighted by atomic mass is 9.77. The topological polar surface area (TPSA) is 52.6 Å². The number of nitrogens with one attached hydrogen (secondary N) is 1. The molecule has 0 spiro atoms. The molecule has 1 aromatic rings. The van der Waals surface area contributed by atoms with Gasteiger partial charge in [0.2, 0.25) is 5.91 Å². The summed E-state index contributed by atoms with van der Waals surface area (Å²) >= 11 is 0. The number of aliphatic hydroxyl groups is 1. The molecular weight excluding hydrogens is 348 g/mol. The molecule has 28 heavy (non-hydrogen) atoms. The SMILES string of the molecule is O=C(CN[C@H]1CCCC[C@@H]1CO)N1CCc2ccccc2C1C1CCCCC1. The average Bonchev–Trinajstić information content (AvgIpc) is 2.77. The first-order chi connectivity index (χ1) is 13.8. The van der Waals surface area contributed by atoms with E-state index in [-0.39, 0.29) is 24.6 Å². The number of hydrogen-bond donors (Lipinski definition) is 2. The molecule has 3 atom stereocenters. The smallest absolute Gasteiger partial charge is 0.237 e. The average molecular weight is 385 g/mol. The van der Waals surface area contributed by atoms with E-state index >= 15 is 0 Å². The van der Waals surface area contributed by atoms with Crippen molar-refractivity contribution in [2.24, 2.45) is 11.8 Å². The van der Waals surface area contributed by atoms with Crippen LogP contribution in [-0.2, 0) is 11.2 Å². The molecule has 0 radical (unpaired) electrons. The normalized spacial score (nSPS) is 28.8. The lowest BCUT2D eigenvalue weighted by molar-refractivity contribution is -0.135. The number of aliphatic hydroxyl groups excluding tert-OH is 1. The largest absolute Gasteiger partial charge is 0.396 e. The molecule has 1 aromatic carbocycles. The fraction of sp³-hybridized carbons (Fsp3) is 0.708. The number of benzene rings is 1. The number of nitrogens with zero attached hydrogens (tertiary/aromatic N) is 1. The Morgan fingerprint density at radius 3 is 2.61 bits per heavy atom. The van der Waals surface area contributed by atoms with Gasteiger partial charge in [0, 0.05) is 19.2 Å². The lowest BCUT2D eigenvalue weighted by Gasteiger charge is -2.43. The van der Waals surface area contributed by atoms with Gasteiger partial charge in [0.1, 0.15) is 0 Å². The van der Waals surface area contributed by atoms with E-state index in [0.29, 0.717) is 18.4 Å². The van der Waals surface area contributed by atoms with E-state index in [1.165, 1.54) is 56.1 Å². The Labute approximate surface area is 169 Å². The van der Waals surface area contributed by atoms with E-state index in [9.17, 15) is 9.90 Å². The van der Waals surface area contributed by atoms with Crippen molar-refractivity contribution in [1.82, 2.24) is 10.2 Å². The van der Waals surface area contributed by atoms with Crippen LogP contribution in [0.1, 0.15) is 75.0 Å². The zero-order chi connectivity index (χ0) is 19.3. The summed E-state index contributed by atoms with van der Waals surface area (Å²) in [4.78, 5) is 15.5. The van der Waals surface area contributed by atoms with Crippen LogP contribution < -0.4 is 5.32 Å². The van der Waals surface area contributed by atoms with Crippen LogP contribution >= 0.6 is 0 Å². The molecule has 1 unspecified atom stereocenters. The third-order valence-corrected chi connectivity index (χ3v) is 7.41. The van der Waals surface area contributed by atoms with E-state index in [4.69, 9.17) is 0 Å². The number of fused-ring (bicyclic) bond motifs is 1. The highest BCUT2D eigenvalue weighted by atomic mass is 16.3. The molecule has 1 aliphatic heterocycles. The highest BCUT2D eigenvalue weighted by Gasteiger charge is 2.36. The summed E-state index contributed by atoms with van der Waals surface area (Å²) in [6, 6.07) is 9.30. The van der Waals surface area contributed by atoms with Crippen LogP contribution in [0, 0.1) is 11.8 Å². The highest BCUT2D eigenvalue weighted by Crippen LogP contribution is 2.42. The minimum atomic E-state index is 0.230. The van der Waals surface area contributed by atoms with Crippen LogP contribution in [0.5, 0.6) is 0 Å². The molecule has 2 saturated carbocycles. The van der Waals surface area contributed by atoms with Gasteiger partial charge in [-0.2, -0.15) is 0 Å². The van der Waals surface area contributed by atoms with Crippen molar-refractivity contribution in [2.45, 2.75) is 76.3 Å². The number of carbonyl (C=O) groups is 1. The van der Waals surface area contributed by atoms with Crippen LogP contribution in [0.4, 0.5) is 0 Å². The molecule has 3 aliphatic rings. The molecule has 2 fully saturated rings. The highest BCUT2D eigenvalue weighted by molar-refractivity contribution is 5.79. The zero-order valence-corrected chi connectivity index (χ0v) is 17.1. The van der Waals surface area contributed by atoms with Gasteiger partial charge in [-0.3, -0.25) is 4.79 Å². The fourth-order valence-corrected chi connectivity index (χ4v) is 5.85. The van der Waals surface area contributed by atoms with Crippen molar-refractivity contribution in [3.8, 4) is 0 Å². The Balaban J connectivity index is 1.47. The van der Waals surface area contributed by atoms with Crippen molar-refractivity contribution < 1.29 is 9.90 Å². The second-order valence-electron chi connectivity index (χ2n) is 9.09. The predicted molar refractivity (Wildman–Crippen MR) is 112 cm³/mol. The van der Waals surface area contributed by atoms with Gasteiger partial charge in [-0.1, -0.05) is 56.4 Å². The lowest BCUT2D eigenvalue weighted by Crippen LogP contribution is -2.50. The Morgan fingerprint density at radius 2 is 1.79 bits per heavy atom. The second-order valence-corrected chi connectivity index (χ2v) is 9.09. The summed E-state index contributed by atoms with van der Waals surface area (Å²) in [5.74, 6) is 1.14.